The van der Waals surface area contributed by atoms with Crippen LogP contribution in [0, 0.1) is 0 Å². The van der Waals surface area contributed by atoms with E-state index in [0.29, 0.717) is 17.4 Å². The molecule has 3 aromatic rings. The van der Waals surface area contributed by atoms with Crippen molar-refractivity contribution in [3.63, 3.8) is 0 Å². The van der Waals surface area contributed by atoms with Crippen LogP contribution in [-0.4, -0.2) is 18.5 Å². The maximum absolute atomic E-state index is 12.6. The quantitative estimate of drug-likeness (QED) is 0.622. The highest BCUT2D eigenvalue weighted by Gasteiger charge is 2.29. The lowest BCUT2D eigenvalue weighted by atomic mass is 10.1. The summed E-state index contributed by atoms with van der Waals surface area (Å²) >= 11 is 2.89. The van der Waals surface area contributed by atoms with Crippen LogP contribution in [0.15, 0.2) is 35.7 Å². The van der Waals surface area contributed by atoms with Gasteiger partial charge in [0.25, 0.3) is 5.91 Å². The van der Waals surface area contributed by atoms with Crippen LogP contribution in [0.3, 0.4) is 0 Å². The second kappa shape index (κ2) is 6.61. The van der Waals surface area contributed by atoms with Gasteiger partial charge in [0.15, 0.2) is 0 Å². The Morgan fingerprint density at radius 1 is 1.24 bits per heavy atom. The van der Waals surface area contributed by atoms with E-state index in [9.17, 15) is 9.59 Å². The maximum Gasteiger partial charge on any atom is 0.348 e. The summed E-state index contributed by atoms with van der Waals surface area (Å²) in [5.74, 6) is 0.192. The Bertz CT molecular complexity index is 953. The summed E-state index contributed by atoms with van der Waals surface area (Å²) in [4.78, 5) is 25.8. The summed E-state index contributed by atoms with van der Waals surface area (Å²) in [6.07, 6.45) is 2.35. The van der Waals surface area contributed by atoms with Gasteiger partial charge in [0, 0.05) is 10.4 Å². The average Bonchev–Trinajstić information content (AvgIpc) is 3.17. The molecule has 4 nitrogen and oxygen atoms in total. The first-order chi connectivity index (χ1) is 12.2. The zero-order valence-electron chi connectivity index (χ0n) is 13.7. The highest BCUT2D eigenvalue weighted by molar-refractivity contribution is 7.20. The first-order valence-corrected chi connectivity index (χ1v) is 9.94. The van der Waals surface area contributed by atoms with Gasteiger partial charge < -0.3 is 10.1 Å². The van der Waals surface area contributed by atoms with Gasteiger partial charge in [-0.1, -0.05) is 0 Å². The van der Waals surface area contributed by atoms with E-state index in [1.165, 1.54) is 41.1 Å². The van der Waals surface area contributed by atoms with Crippen LogP contribution in [0.1, 0.15) is 50.6 Å². The maximum atomic E-state index is 12.6. The molecule has 6 heteroatoms. The summed E-state index contributed by atoms with van der Waals surface area (Å²) in [5, 5.41) is 5.90. The van der Waals surface area contributed by atoms with E-state index in [2.05, 4.69) is 11.4 Å². The molecule has 2 heterocycles. The van der Waals surface area contributed by atoms with Gasteiger partial charge in [-0.3, -0.25) is 4.79 Å². The zero-order valence-corrected chi connectivity index (χ0v) is 15.3. The summed E-state index contributed by atoms with van der Waals surface area (Å²) in [6.45, 7) is 2.15. The molecule has 0 atom stereocenters. The minimum absolute atomic E-state index is 0.0582. The molecule has 128 valence electrons. The fourth-order valence-electron chi connectivity index (χ4n) is 2.83. The third-order valence-electron chi connectivity index (χ3n) is 4.17. The summed E-state index contributed by atoms with van der Waals surface area (Å²) in [5.41, 5.74) is 1.91. The van der Waals surface area contributed by atoms with E-state index < -0.39 is 0 Å². The first-order valence-electron chi connectivity index (χ1n) is 8.25. The standard InChI is InChI=1S/C19H17NO3S2/c1-2-23-19(22)16-10-12-9-13(5-6-15(12)25-16)20-18(21)17-14(7-8-24-17)11-3-4-11/h5-11H,2-4H2,1H3,(H,20,21). The second-order valence-electron chi connectivity index (χ2n) is 6.02. The van der Waals surface area contributed by atoms with Crippen molar-refractivity contribution < 1.29 is 14.3 Å². The molecule has 0 saturated heterocycles. The van der Waals surface area contributed by atoms with Crippen molar-refractivity contribution in [1.29, 1.82) is 0 Å². The predicted molar refractivity (Wildman–Crippen MR) is 102 cm³/mol. The van der Waals surface area contributed by atoms with Crippen LogP contribution in [0.25, 0.3) is 10.1 Å². The van der Waals surface area contributed by atoms with E-state index >= 15 is 0 Å². The van der Waals surface area contributed by atoms with E-state index in [-0.39, 0.29) is 11.9 Å². The number of esters is 1. The number of anilines is 1. The number of thiophene rings is 2. The molecule has 0 radical (unpaired) electrons. The van der Waals surface area contributed by atoms with E-state index in [1.54, 1.807) is 6.92 Å². The number of benzene rings is 1. The highest BCUT2D eigenvalue weighted by Crippen LogP contribution is 2.43. The minimum Gasteiger partial charge on any atom is -0.462 e. The fraction of sp³-hybridized carbons (Fsp3) is 0.263. The van der Waals surface area contributed by atoms with Crippen molar-refractivity contribution in [3.8, 4) is 0 Å². The zero-order chi connectivity index (χ0) is 17.4. The number of hydrogen-bond acceptors (Lipinski definition) is 5. The van der Waals surface area contributed by atoms with Gasteiger partial charge in [-0.15, -0.1) is 22.7 Å². The molecule has 1 amide bonds. The first kappa shape index (κ1) is 16.3. The van der Waals surface area contributed by atoms with Gasteiger partial charge in [-0.25, -0.2) is 4.79 Å². The Kier molecular flexibility index (Phi) is 4.31. The molecule has 1 fully saturated rings. The monoisotopic (exact) mass is 371 g/mol. The van der Waals surface area contributed by atoms with Crippen LogP contribution >= 0.6 is 22.7 Å². The van der Waals surface area contributed by atoms with Crippen LogP contribution < -0.4 is 5.32 Å². The smallest absolute Gasteiger partial charge is 0.348 e. The number of carbonyl (C=O) groups excluding carboxylic acids is 2. The van der Waals surface area contributed by atoms with Crippen molar-refractivity contribution in [2.24, 2.45) is 0 Å². The molecule has 0 spiro atoms. The summed E-state index contributed by atoms with van der Waals surface area (Å²) < 4.78 is 6.04. The van der Waals surface area contributed by atoms with Crippen molar-refractivity contribution in [2.45, 2.75) is 25.7 Å². The Labute approximate surface area is 153 Å². The largest absolute Gasteiger partial charge is 0.462 e. The van der Waals surface area contributed by atoms with E-state index in [4.69, 9.17) is 4.74 Å². The molecule has 2 aromatic heterocycles. The SMILES string of the molecule is CCOC(=O)c1cc2cc(NC(=O)c3sccc3C3CC3)ccc2s1. The van der Waals surface area contributed by atoms with Crippen molar-refractivity contribution in [3.05, 3.63) is 51.0 Å². The molecular formula is C19H17NO3S2. The number of nitrogens with one attached hydrogen (secondary N) is 1. The summed E-state index contributed by atoms with van der Waals surface area (Å²) in [6, 6.07) is 9.57. The number of amides is 1. The topological polar surface area (TPSA) is 55.4 Å². The van der Waals surface area contributed by atoms with Gasteiger partial charge in [0.05, 0.1) is 11.5 Å². The molecule has 1 aliphatic carbocycles. The van der Waals surface area contributed by atoms with Crippen molar-refractivity contribution in [2.75, 3.05) is 11.9 Å². The molecule has 1 aliphatic rings. The van der Waals surface area contributed by atoms with Crippen molar-refractivity contribution in [1.82, 2.24) is 0 Å². The lowest BCUT2D eigenvalue weighted by Gasteiger charge is -2.06. The number of fused-ring (bicyclic) bond motifs is 1. The fourth-order valence-corrected chi connectivity index (χ4v) is 4.65. The summed E-state index contributed by atoms with van der Waals surface area (Å²) in [7, 11) is 0. The van der Waals surface area contributed by atoms with Gasteiger partial charge in [0.1, 0.15) is 4.88 Å². The lowest BCUT2D eigenvalue weighted by molar-refractivity contribution is 0.0532. The molecule has 1 aromatic carbocycles. The van der Waals surface area contributed by atoms with Gasteiger partial charge in [0.2, 0.25) is 0 Å². The number of carbonyl (C=O) groups is 2. The molecule has 1 saturated carbocycles. The van der Waals surface area contributed by atoms with E-state index in [1.807, 2.05) is 29.6 Å². The average molecular weight is 371 g/mol. The van der Waals surface area contributed by atoms with Crippen molar-refractivity contribution >= 4 is 50.3 Å². The normalized spacial score (nSPS) is 13.8. The molecule has 0 unspecified atom stereocenters. The van der Waals surface area contributed by atoms with Gasteiger partial charge >= 0.3 is 5.97 Å². The molecule has 1 N–H and O–H groups in total. The number of hydrogen-bond donors (Lipinski definition) is 1. The Morgan fingerprint density at radius 2 is 2.08 bits per heavy atom. The van der Waals surface area contributed by atoms with E-state index in [0.717, 1.165) is 20.7 Å². The van der Waals surface area contributed by atoms with Gasteiger partial charge in [-0.2, -0.15) is 0 Å². The van der Waals surface area contributed by atoms with Crippen LogP contribution in [0.2, 0.25) is 0 Å². The highest BCUT2D eigenvalue weighted by atomic mass is 32.1. The lowest BCUT2D eigenvalue weighted by Crippen LogP contribution is -2.11. The predicted octanol–water partition coefficient (Wildman–Crippen LogP) is 5.27. The molecular weight excluding hydrogens is 354 g/mol. The molecule has 0 aliphatic heterocycles. The Hall–Kier alpha value is -2.18. The second-order valence-corrected chi connectivity index (χ2v) is 8.02. The molecule has 4 rings (SSSR count). The third-order valence-corrected chi connectivity index (χ3v) is 6.19. The molecule has 0 bridgehead atoms. The minimum atomic E-state index is -0.304. The van der Waals surface area contributed by atoms with Gasteiger partial charge in [-0.05, 0) is 72.3 Å². The third kappa shape index (κ3) is 3.32. The number of ether oxygens (including phenoxy) is 1. The van der Waals surface area contributed by atoms with Crippen LogP contribution in [0.4, 0.5) is 5.69 Å². The van der Waals surface area contributed by atoms with Crippen LogP contribution in [-0.2, 0) is 4.74 Å². The Balaban J connectivity index is 1.56. The number of rotatable bonds is 5. The molecule has 25 heavy (non-hydrogen) atoms. The van der Waals surface area contributed by atoms with Crippen LogP contribution in [0.5, 0.6) is 0 Å². The Morgan fingerprint density at radius 3 is 2.84 bits per heavy atom.